The molecule has 0 aliphatic carbocycles. The Labute approximate surface area is 181 Å². The lowest BCUT2D eigenvalue weighted by atomic mass is 9.97. The van der Waals surface area contributed by atoms with Crippen LogP contribution in [0.1, 0.15) is 33.3 Å². The second-order valence-corrected chi connectivity index (χ2v) is 8.86. The number of hydrogen-bond donors (Lipinski definition) is 1. The summed E-state index contributed by atoms with van der Waals surface area (Å²) in [6.45, 7) is 7.07. The minimum atomic E-state index is -1.05. The number of rotatable bonds is 5. The van der Waals surface area contributed by atoms with Gasteiger partial charge < -0.3 is 33.7 Å². The van der Waals surface area contributed by atoms with Crippen LogP contribution in [0.4, 0.5) is 0 Å². The third-order valence-corrected chi connectivity index (χ3v) is 5.50. The van der Waals surface area contributed by atoms with Gasteiger partial charge in [-0.2, -0.15) is 0 Å². The third-order valence-electron chi connectivity index (χ3n) is 5.50. The molecule has 3 aliphatic rings. The summed E-state index contributed by atoms with van der Waals surface area (Å²) in [6, 6.07) is 8.49. The summed E-state index contributed by atoms with van der Waals surface area (Å²) in [7, 11) is 1.28. The quantitative estimate of drug-likeness (QED) is 0.691. The number of carbonyl (C=O) groups excluding carboxylic acids is 2. The standard InChI is InChI=1S/C22H29NO8/c1-21(2)28-14-15(29-21)17-20(31-22(3,4)30-17)27-16(14)18(24)23-13(19(25)26-5)11-12-9-7-6-8-10-12/h6-10,13-17,20H,11H2,1-5H3,(H,23,24)/t13-,14+,15-,16-,17+,20+/m0/s1. The average molecular weight is 435 g/mol. The maximum atomic E-state index is 13.2. The van der Waals surface area contributed by atoms with Gasteiger partial charge in [0, 0.05) is 6.42 Å². The van der Waals surface area contributed by atoms with Gasteiger partial charge in [0.05, 0.1) is 7.11 Å². The molecule has 0 bridgehead atoms. The first-order valence-corrected chi connectivity index (χ1v) is 10.4. The van der Waals surface area contributed by atoms with E-state index in [1.54, 1.807) is 27.7 Å². The van der Waals surface area contributed by atoms with E-state index in [0.29, 0.717) is 0 Å². The summed E-state index contributed by atoms with van der Waals surface area (Å²) in [5.41, 5.74) is 0.886. The van der Waals surface area contributed by atoms with Crippen LogP contribution >= 0.6 is 0 Å². The van der Waals surface area contributed by atoms with Crippen LogP contribution in [-0.4, -0.2) is 67.3 Å². The maximum absolute atomic E-state index is 13.2. The van der Waals surface area contributed by atoms with Gasteiger partial charge >= 0.3 is 5.97 Å². The highest BCUT2D eigenvalue weighted by Crippen LogP contribution is 2.44. The van der Waals surface area contributed by atoms with Gasteiger partial charge in [-0.1, -0.05) is 30.3 Å². The second-order valence-electron chi connectivity index (χ2n) is 8.86. The summed E-state index contributed by atoms with van der Waals surface area (Å²) in [6.07, 6.45) is -3.38. The van der Waals surface area contributed by atoms with Crippen molar-refractivity contribution in [1.29, 1.82) is 0 Å². The smallest absolute Gasteiger partial charge is 0.328 e. The van der Waals surface area contributed by atoms with Crippen LogP contribution in [-0.2, 0) is 44.4 Å². The molecule has 9 nitrogen and oxygen atoms in total. The Morgan fingerprint density at radius 1 is 0.968 bits per heavy atom. The average Bonchev–Trinajstić information content (AvgIpc) is 3.20. The number of amides is 1. The van der Waals surface area contributed by atoms with Crippen molar-refractivity contribution in [1.82, 2.24) is 5.32 Å². The van der Waals surface area contributed by atoms with Crippen molar-refractivity contribution in [2.45, 2.75) is 82.4 Å². The Bertz CT molecular complexity index is 826. The van der Waals surface area contributed by atoms with Crippen LogP contribution in [0.5, 0.6) is 0 Å². The van der Waals surface area contributed by atoms with Crippen LogP contribution in [0.15, 0.2) is 30.3 Å². The topological polar surface area (TPSA) is 102 Å². The van der Waals surface area contributed by atoms with Crippen molar-refractivity contribution in [2.75, 3.05) is 7.11 Å². The SMILES string of the molecule is COC(=O)[C@H](Cc1ccccc1)NC(=O)[C@H]1O[C@@H]2OC(C)(C)O[C@@H]2[C@H]2OC(C)(C)O[C@H]21. The summed E-state index contributed by atoms with van der Waals surface area (Å²) in [4.78, 5) is 25.6. The van der Waals surface area contributed by atoms with E-state index in [-0.39, 0.29) is 6.42 Å². The van der Waals surface area contributed by atoms with Gasteiger partial charge in [0.25, 0.3) is 5.91 Å². The summed E-state index contributed by atoms with van der Waals surface area (Å²) in [5, 5.41) is 2.76. The van der Waals surface area contributed by atoms with Gasteiger partial charge in [-0.3, -0.25) is 4.79 Å². The van der Waals surface area contributed by atoms with E-state index in [2.05, 4.69) is 5.32 Å². The largest absolute Gasteiger partial charge is 0.467 e. The molecule has 9 heteroatoms. The summed E-state index contributed by atoms with van der Waals surface area (Å²) >= 11 is 0. The first-order valence-electron chi connectivity index (χ1n) is 10.4. The van der Waals surface area contributed by atoms with Gasteiger partial charge in [0.2, 0.25) is 0 Å². The first kappa shape index (κ1) is 22.2. The van der Waals surface area contributed by atoms with Gasteiger partial charge in [-0.15, -0.1) is 0 Å². The van der Waals surface area contributed by atoms with E-state index >= 15 is 0 Å². The summed E-state index contributed by atoms with van der Waals surface area (Å²) in [5.74, 6) is -2.86. The first-order chi connectivity index (χ1) is 14.6. The van der Waals surface area contributed by atoms with E-state index in [1.165, 1.54) is 7.11 Å². The Balaban J connectivity index is 1.54. The number of nitrogens with one attached hydrogen (secondary N) is 1. The van der Waals surface area contributed by atoms with Gasteiger partial charge in [0.1, 0.15) is 24.4 Å². The zero-order chi connectivity index (χ0) is 22.4. The van der Waals surface area contributed by atoms with E-state index < -0.39 is 60.2 Å². The van der Waals surface area contributed by atoms with E-state index in [0.717, 1.165) is 5.56 Å². The minimum absolute atomic E-state index is 0.279. The van der Waals surface area contributed by atoms with Crippen LogP contribution in [0.25, 0.3) is 0 Å². The molecule has 0 aromatic heterocycles. The molecule has 3 fully saturated rings. The molecular weight excluding hydrogens is 406 g/mol. The molecule has 31 heavy (non-hydrogen) atoms. The Kier molecular flexibility index (Phi) is 5.82. The number of carbonyl (C=O) groups is 2. The van der Waals surface area contributed by atoms with Crippen LogP contribution in [0, 0.1) is 0 Å². The fourth-order valence-corrected chi connectivity index (χ4v) is 4.26. The lowest BCUT2D eigenvalue weighted by Gasteiger charge is -2.36. The second kappa shape index (κ2) is 8.14. The molecule has 3 heterocycles. The van der Waals surface area contributed by atoms with E-state index in [4.69, 9.17) is 28.4 Å². The van der Waals surface area contributed by atoms with Crippen molar-refractivity contribution in [3.63, 3.8) is 0 Å². The third kappa shape index (κ3) is 4.61. The van der Waals surface area contributed by atoms with Crippen LogP contribution in [0.3, 0.4) is 0 Å². The molecule has 6 atom stereocenters. The predicted molar refractivity (Wildman–Crippen MR) is 107 cm³/mol. The predicted octanol–water partition coefficient (Wildman–Crippen LogP) is 1.28. The van der Waals surface area contributed by atoms with E-state index in [9.17, 15) is 9.59 Å². The number of methoxy groups -OCH3 is 1. The van der Waals surface area contributed by atoms with Crippen LogP contribution in [0.2, 0.25) is 0 Å². The minimum Gasteiger partial charge on any atom is -0.467 e. The molecule has 0 spiro atoms. The number of benzene rings is 1. The Morgan fingerprint density at radius 2 is 1.58 bits per heavy atom. The molecule has 3 aliphatic heterocycles. The van der Waals surface area contributed by atoms with Crippen LogP contribution < -0.4 is 5.32 Å². The van der Waals surface area contributed by atoms with Gasteiger partial charge in [0.15, 0.2) is 24.0 Å². The Morgan fingerprint density at radius 3 is 2.26 bits per heavy atom. The highest BCUT2D eigenvalue weighted by atomic mass is 16.9. The molecule has 1 aromatic rings. The monoisotopic (exact) mass is 435 g/mol. The molecular formula is C22H29NO8. The van der Waals surface area contributed by atoms with Crippen molar-refractivity contribution >= 4 is 11.9 Å². The number of esters is 1. The van der Waals surface area contributed by atoms with Gasteiger partial charge in [-0.25, -0.2) is 4.79 Å². The fraction of sp³-hybridized carbons (Fsp3) is 0.636. The molecule has 1 amide bonds. The molecule has 1 N–H and O–H groups in total. The fourth-order valence-electron chi connectivity index (χ4n) is 4.26. The maximum Gasteiger partial charge on any atom is 0.328 e. The highest BCUT2D eigenvalue weighted by molar-refractivity contribution is 5.87. The van der Waals surface area contributed by atoms with Crippen molar-refractivity contribution < 1.29 is 38.0 Å². The lowest BCUT2D eigenvalue weighted by Crippen LogP contribution is -2.61. The van der Waals surface area contributed by atoms with Crippen molar-refractivity contribution in [3.05, 3.63) is 35.9 Å². The Hall–Kier alpha value is -2.04. The molecule has 170 valence electrons. The molecule has 3 saturated heterocycles. The molecule has 4 rings (SSSR count). The highest BCUT2D eigenvalue weighted by Gasteiger charge is 2.62. The number of fused-ring (bicyclic) bond motifs is 3. The van der Waals surface area contributed by atoms with Crippen molar-refractivity contribution in [3.8, 4) is 0 Å². The molecule has 0 saturated carbocycles. The molecule has 1 aromatic carbocycles. The van der Waals surface area contributed by atoms with Gasteiger partial charge in [-0.05, 0) is 33.3 Å². The lowest BCUT2D eigenvalue weighted by molar-refractivity contribution is -0.231. The zero-order valence-electron chi connectivity index (χ0n) is 18.3. The van der Waals surface area contributed by atoms with E-state index in [1.807, 2.05) is 30.3 Å². The number of ether oxygens (including phenoxy) is 6. The normalized spacial score (nSPS) is 33.8. The van der Waals surface area contributed by atoms with Crippen molar-refractivity contribution in [2.24, 2.45) is 0 Å². The summed E-state index contributed by atoms with van der Waals surface area (Å²) < 4.78 is 34.7. The molecule has 0 radical (unpaired) electrons. The number of hydrogen-bond acceptors (Lipinski definition) is 8. The molecule has 0 unspecified atom stereocenters. The zero-order valence-corrected chi connectivity index (χ0v) is 18.3.